The Balaban J connectivity index is -0.0000000542. The maximum Gasteiger partial charge on any atom is 0.0414 e. The summed E-state index contributed by atoms with van der Waals surface area (Å²) in [6.07, 6.45) is 8.34. The molecule has 0 bridgehead atoms. The van der Waals surface area contributed by atoms with Crippen molar-refractivity contribution in [1.82, 2.24) is 18.5 Å². The van der Waals surface area contributed by atoms with E-state index in [1.54, 1.807) is 13.8 Å². The summed E-state index contributed by atoms with van der Waals surface area (Å²) in [5, 5.41) is 27.9. The van der Waals surface area contributed by atoms with Gasteiger partial charge < -0.3 is 38.6 Å². The van der Waals surface area contributed by atoms with Crippen LogP contribution in [-0.4, -0.2) is 19.2 Å². The molecule has 0 amide bonds. The zero-order valence-corrected chi connectivity index (χ0v) is 15.2. The number of carboxylic acid groups (broad SMARTS) is 1. The molecule has 0 spiro atoms. The van der Waals surface area contributed by atoms with Gasteiger partial charge in [-0.05, 0) is 12.8 Å². The highest BCUT2D eigenvalue weighted by Gasteiger charge is 1.90. The van der Waals surface area contributed by atoms with Gasteiger partial charge in [0.25, 0.3) is 0 Å². The Kier molecular flexibility index (Phi) is 75.2. The molecule has 0 aliphatic rings. The third-order valence-corrected chi connectivity index (χ3v) is 1.98. The van der Waals surface area contributed by atoms with Crippen LogP contribution in [0.25, 0.3) is 0 Å². The number of rotatable bonds is 8. The number of unbranched alkanes of at least 4 members (excludes halogenated alkanes) is 6. The van der Waals surface area contributed by atoms with Gasteiger partial charge in [0.1, 0.15) is 0 Å². The normalized spacial score (nSPS) is 7.48. The molecule has 0 unspecified atom stereocenters. The van der Waals surface area contributed by atoms with E-state index in [4.69, 9.17) is 10.2 Å². The van der Waals surface area contributed by atoms with Crippen molar-refractivity contribution in [2.75, 3.05) is 13.2 Å². The molecule has 7 nitrogen and oxygen atoms in total. The van der Waals surface area contributed by atoms with Gasteiger partial charge in [-0.1, -0.05) is 59.3 Å². The second kappa shape index (κ2) is 42.7. The van der Waals surface area contributed by atoms with Crippen molar-refractivity contribution in [2.45, 2.75) is 72.1 Å². The fraction of sp³-hybridized carbons (Fsp3) is 0.929. The number of carbonyl (C=O) groups is 1. The lowest BCUT2D eigenvalue weighted by Crippen LogP contribution is -2.21. The first-order chi connectivity index (χ1) is 8.60. The van der Waals surface area contributed by atoms with Crippen molar-refractivity contribution in [3.05, 3.63) is 0 Å². The molecule has 7 heteroatoms. The van der Waals surface area contributed by atoms with Crippen molar-refractivity contribution >= 4 is 5.97 Å². The van der Waals surface area contributed by atoms with E-state index < -0.39 is 5.97 Å². The Hall–Kier alpha value is -0.730. The minimum absolute atomic E-state index is 0. The summed E-state index contributed by atoms with van der Waals surface area (Å²) in [7, 11) is 0. The van der Waals surface area contributed by atoms with Gasteiger partial charge in [-0.2, -0.15) is 0 Å². The molecule has 12 N–H and O–H groups in total. The quantitative estimate of drug-likeness (QED) is 0.573. The van der Waals surface area contributed by atoms with E-state index in [0.717, 1.165) is 12.8 Å². The highest BCUT2D eigenvalue weighted by atomic mass is 16.4. The fourth-order valence-electron chi connectivity index (χ4n) is 1.23. The summed E-state index contributed by atoms with van der Waals surface area (Å²) in [4.78, 5) is 10.0. The molecule has 0 heterocycles. The highest BCUT2D eigenvalue weighted by molar-refractivity contribution is 5.63. The van der Waals surface area contributed by atoms with Crippen molar-refractivity contribution < 1.29 is 20.1 Å². The maximum atomic E-state index is 10.0. The Bertz CT molecular complexity index is 148. The zero-order chi connectivity index (χ0) is 14.6. The van der Waals surface area contributed by atoms with E-state index >= 15 is 0 Å². The average Bonchev–Trinajstić information content (AvgIpc) is 2.29. The van der Waals surface area contributed by atoms with Gasteiger partial charge >= 0.3 is 0 Å². The van der Waals surface area contributed by atoms with E-state index in [2.05, 4.69) is 6.92 Å². The highest BCUT2D eigenvalue weighted by Crippen LogP contribution is 2.07. The van der Waals surface area contributed by atoms with Gasteiger partial charge in [0.05, 0.1) is 0 Å². The lowest BCUT2D eigenvalue weighted by Gasteiger charge is -2.01. The second-order valence-corrected chi connectivity index (χ2v) is 3.82. The summed E-state index contributed by atoms with van der Waals surface area (Å²) in [5.41, 5.74) is 0. The molecule has 0 fully saturated rings. The first-order valence-corrected chi connectivity index (χ1v) is 6.96. The van der Waals surface area contributed by atoms with Crippen LogP contribution in [0.5, 0.6) is 0 Å². The predicted octanol–water partition coefficient (Wildman–Crippen LogP) is 1.74. The van der Waals surface area contributed by atoms with Crippen LogP contribution in [0.1, 0.15) is 72.1 Å². The van der Waals surface area contributed by atoms with Gasteiger partial charge in [0.2, 0.25) is 0 Å². The van der Waals surface area contributed by atoms with Crippen LogP contribution in [0.2, 0.25) is 0 Å². The van der Waals surface area contributed by atoms with E-state index in [-0.39, 0.29) is 38.1 Å². The summed E-state index contributed by atoms with van der Waals surface area (Å²) >= 11 is 0. The molecule has 0 aromatic carbocycles. The molecule has 136 valence electrons. The van der Waals surface area contributed by atoms with E-state index in [1.807, 2.05) is 0 Å². The van der Waals surface area contributed by atoms with Crippen molar-refractivity contribution in [3.8, 4) is 0 Å². The predicted molar refractivity (Wildman–Crippen MR) is 86.7 cm³/mol. The first kappa shape index (κ1) is 37.0. The molecule has 0 atom stereocenters. The maximum absolute atomic E-state index is 10.0. The smallest absolute Gasteiger partial charge is 0.0414 e. The standard InChI is InChI=1S/C10H20O2.2C2H5O.3H3N/c1-2-3-4-5-6-7-8-9-10(11)12;2*1-2-3;;;/h2-9H2,1H3,(H,11,12);2*2H2,1H3;3*1H3/q;2*-1;;;/p+2. The Morgan fingerprint density at radius 2 is 1.00 bits per heavy atom. The van der Waals surface area contributed by atoms with Crippen LogP contribution in [0.3, 0.4) is 0 Å². The van der Waals surface area contributed by atoms with E-state index in [1.165, 1.54) is 32.1 Å². The Morgan fingerprint density at radius 3 is 1.29 bits per heavy atom. The van der Waals surface area contributed by atoms with Crippen LogP contribution in [0.15, 0.2) is 0 Å². The molecule has 0 rings (SSSR count). The Labute approximate surface area is 130 Å². The van der Waals surface area contributed by atoms with Crippen LogP contribution < -0.4 is 33.8 Å². The minimum Gasteiger partial charge on any atom is -0.855 e. The number of carboxylic acids is 1. The third-order valence-electron chi connectivity index (χ3n) is 1.98. The molecule has 0 aliphatic heterocycles. The molecule has 0 aliphatic carbocycles. The lowest BCUT2D eigenvalue weighted by molar-refractivity contribution is -0.362. The van der Waals surface area contributed by atoms with E-state index in [0.29, 0.717) is 0 Å². The fourth-order valence-corrected chi connectivity index (χ4v) is 1.23. The molecule has 0 saturated carbocycles. The van der Waals surface area contributed by atoms with Crippen LogP contribution in [0.4, 0.5) is 0 Å². The number of hydrogen-bond acceptors (Lipinski definition) is 4. The van der Waals surface area contributed by atoms with Crippen molar-refractivity contribution in [2.24, 2.45) is 0 Å². The molecule has 0 saturated heterocycles. The Morgan fingerprint density at radius 1 is 0.714 bits per heavy atom. The second-order valence-electron chi connectivity index (χ2n) is 3.82. The van der Waals surface area contributed by atoms with E-state index in [9.17, 15) is 9.90 Å². The number of carbonyl (C=O) groups excluding carboxylic acids is 1. The molecule has 0 aromatic rings. The summed E-state index contributed by atoms with van der Waals surface area (Å²) in [6.45, 7) is 5.33. The van der Waals surface area contributed by atoms with Gasteiger partial charge in [-0.15, -0.1) is 13.2 Å². The van der Waals surface area contributed by atoms with Gasteiger partial charge in [-0.3, -0.25) is 0 Å². The number of quaternary nitrogens is 3. The summed E-state index contributed by atoms with van der Waals surface area (Å²) in [6, 6.07) is 0. The van der Waals surface area contributed by atoms with Crippen LogP contribution in [-0.2, 0) is 4.79 Å². The third kappa shape index (κ3) is 84.0. The molecular formula is C14H41N3O4. The monoisotopic (exact) mass is 315 g/mol. The summed E-state index contributed by atoms with van der Waals surface area (Å²) in [5.74, 6) is -0.913. The largest absolute Gasteiger partial charge is 0.855 e. The average molecular weight is 315 g/mol. The molecule has 21 heavy (non-hydrogen) atoms. The number of hydrogen-bond donors (Lipinski definition) is 3. The SMILES string of the molecule is CCCCCCCCCC(=O)[O-].CC[O-].CC[O-].[NH4+].[NH4+].[NH4+]. The topological polar surface area (TPSA) is 196 Å². The summed E-state index contributed by atoms with van der Waals surface area (Å²) < 4.78 is 0. The van der Waals surface area contributed by atoms with Gasteiger partial charge in [-0.25, -0.2) is 0 Å². The molecule has 0 aromatic heterocycles. The van der Waals surface area contributed by atoms with Crippen LogP contribution >= 0.6 is 0 Å². The lowest BCUT2D eigenvalue weighted by atomic mass is 10.1. The van der Waals surface area contributed by atoms with Gasteiger partial charge in [0, 0.05) is 5.97 Å². The van der Waals surface area contributed by atoms with Crippen molar-refractivity contribution in [1.29, 1.82) is 0 Å². The first-order valence-electron chi connectivity index (χ1n) is 6.96. The molecule has 0 radical (unpaired) electrons. The van der Waals surface area contributed by atoms with Gasteiger partial charge in [0.15, 0.2) is 0 Å². The molecular weight excluding hydrogens is 274 g/mol. The van der Waals surface area contributed by atoms with Crippen molar-refractivity contribution in [3.63, 3.8) is 0 Å². The zero-order valence-electron chi connectivity index (χ0n) is 15.2. The van der Waals surface area contributed by atoms with Crippen LogP contribution in [0, 0.1) is 0 Å². The minimum atomic E-state index is -0.913. The number of aliphatic carboxylic acids is 1.